The van der Waals surface area contributed by atoms with Gasteiger partial charge < -0.3 is 9.84 Å². The summed E-state index contributed by atoms with van der Waals surface area (Å²) in [5.74, 6) is -0.474. The van der Waals surface area contributed by atoms with Crippen LogP contribution in [-0.2, 0) is 6.42 Å². The highest BCUT2D eigenvalue weighted by molar-refractivity contribution is 6.22. The average molecular weight is 291 g/mol. The molecule has 1 aromatic rings. The first kappa shape index (κ1) is 15.0. The molecule has 0 amide bonds. The Bertz CT molecular complexity index is 385. The Labute approximate surface area is 104 Å². The van der Waals surface area contributed by atoms with Gasteiger partial charge in [-0.15, -0.1) is 13.2 Å². The minimum atomic E-state index is -4.82. The molecule has 0 aliphatic rings. The SMILES string of the molecule is OC(Cc1ccc(OC(F)(F)F)cc1)C(F)(F)Cl. The summed E-state index contributed by atoms with van der Waals surface area (Å²) in [6.45, 7) is 0. The minimum absolute atomic E-state index is 0.206. The largest absolute Gasteiger partial charge is 0.573 e. The van der Waals surface area contributed by atoms with Crippen LogP contribution in [0.1, 0.15) is 5.56 Å². The van der Waals surface area contributed by atoms with Gasteiger partial charge in [-0.25, -0.2) is 0 Å². The van der Waals surface area contributed by atoms with E-state index in [-0.39, 0.29) is 5.56 Å². The normalized spacial score (nSPS) is 14.4. The summed E-state index contributed by atoms with van der Waals surface area (Å²) in [6, 6.07) is 4.18. The molecule has 0 saturated carbocycles. The van der Waals surface area contributed by atoms with Crippen LogP contribution in [-0.4, -0.2) is 23.0 Å². The van der Waals surface area contributed by atoms with Crippen molar-refractivity contribution in [1.29, 1.82) is 0 Å². The molecule has 0 aromatic heterocycles. The summed E-state index contributed by atoms with van der Waals surface area (Å²) in [7, 11) is 0. The third kappa shape index (κ3) is 5.05. The molecule has 1 N–H and O–H groups in total. The first-order valence-corrected chi connectivity index (χ1v) is 5.05. The zero-order valence-corrected chi connectivity index (χ0v) is 9.47. The summed E-state index contributed by atoms with van der Waals surface area (Å²) < 4.78 is 64.0. The summed E-state index contributed by atoms with van der Waals surface area (Å²) >= 11 is 4.60. The maximum Gasteiger partial charge on any atom is 0.573 e. The van der Waals surface area contributed by atoms with Gasteiger partial charge in [-0.2, -0.15) is 8.78 Å². The second kappa shape index (κ2) is 5.27. The van der Waals surface area contributed by atoms with Gasteiger partial charge in [0.1, 0.15) is 11.9 Å². The van der Waals surface area contributed by atoms with Crippen molar-refractivity contribution in [1.82, 2.24) is 0 Å². The van der Waals surface area contributed by atoms with E-state index >= 15 is 0 Å². The maximum atomic E-state index is 12.4. The van der Waals surface area contributed by atoms with Crippen LogP contribution in [0.2, 0.25) is 0 Å². The summed E-state index contributed by atoms with van der Waals surface area (Å²) in [5, 5.41) is 5.21. The zero-order chi connectivity index (χ0) is 14.0. The molecular weight excluding hydrogens is 283 g/mol. The number of ether oxygens (including phenoxy) is 1. The van der Waals surface area contributed by atoms with Crippen LogP contribution in [0.4, 0.5) is 22.0 Å². The first-order valence-electron chi connectivity index (χ1n) is 4.67. The smallest absolute Gasteiger partial charge is 0.406 e. The molecule has 2 nitrogen and oxygen atoms in total. The third-order valence-electron chi connectivity index (χ3n) is 1.96. The monoisotopic (exact) mass is 290 g/mol. The molecule has 0 fully saturated rings. The van der Waals surface area contributed by atoms with Crippen molar-refractivity contribution in [2.24, 2.45) is 0 Å². The van der Waals surface area contributed by atoms with Crippen LogP contribution < -0.4 is 4.74 Å². The van der Waals surface area contributed by atoms with E-state index in [2.05, 4.69) is 16.3 Å². The predicted octanol–water partition coefficient (Wildman–Crippen LogP) is 3.32. The molecule has 1 atom stereocenters. The third-order valence-corrected chi connectivity index (χ3v) is 2.22. The highest BCUT2D eigenvalue weighted by atomic mass is 35.5. The topological polar surface area (TPSA) is 29.5 Å². The lowest BCUT2D eigenvalue weighted by atomic mass is 10.1. The number of rotatable bonds is 4. The fourth-order valence-electron chi connectivity index (χ4n) is 1.17. The Morgan fingerprint density at radius 1 is 1.11 bits per heavy atom. The number of benzene rings is 1. The number of hydrogen-bond donors (Lipinski definition) is 1. The fourth-order valence-corrected chi connectivity index (χ4v) is 1.24. The van der Waals surface area contributed by atoms with Gasteiger partial charge in [0.2, 0.25) is 0 Å². The van der Waals surface area contributed by atoms with Crippen LogP contribution in [0.15, 0.2) is 24.3 Å². The standard InChI is InChI=1S/C10H8ClF5O2/c11-9(12,13)8(17)5-6-1-3-7(4-2-6)18-10(14,15)16/h1-4,8,17H,5H2. The van der Waals surface area contributed by atoms with E-state index in [0.717, 1.165) is 24.3 Å². The van der Waals surface area contributed by atoms with Crippen LogP contribution in [0.3, 0.4) is 0 Å². The summed E-state index contributed by atoms with van der Waals surface area (Å²) in [6.07, 6.45) is -7.42. The molecule has 0 aliphatic heterocycles. The van der Waals surface area contributed by atoms with Crippen LogP contribution >= 0.6 is 11.6 Å². The molecule has 8 heteroatoms. The van der Waals surface area contributed by atoms with Gasteiger partial charge in [0, 0.05) is 6.42 Å². The molecule has 0 radical (unpaired) electrons. The molecule has 1 rings (SSSR count). The number of aliphatic hydroxyl groups is 1. The van der Waals surface area contributed by atoms with Gasteiger partial charge >= 0.3 is 11.7 Å². The molecule has 0 heterocycles. The lowest BCUT2D eigenvalue weighted by molar-refractivity contribution is -0.274. The highest BCUT2D eigenvalue weighted by Gasteiger charge is 2.35. The summed E-state index contributed by atoms with van der Waals surface area (Å²) in [5.41, 5.74) is 0.206. The Balaban J connectivity index is 2.66. The predicted molar refractivity (Wildman–Crippen MR) is 53.6 cm³/mol. The van der Waals surface area contributed by atoms with E-state index in [1.54, 1.807) is 0 Å². The maximum absolute atomic E-state index is 12.4. The molecular formula is C10H8ClF5O2. The quantitative estimate of drug-likeness (QED) is 0.681. The van der Waals surface area contributed by atoms with E-state index in [1.807, 2.05) is 0 Å². The Kier molecular flexibility index (Phi) is 4.39. The lowest BCUT2D eigenvalue weighted by Crippen LogP contribution is -2.29. The van der Waals surface area contributed by atoms with Crippen LogP contribution in [0.5, 0.6) is 5.75 Å². The van der Waals surface area contributed by atoms with Gasteiger partial charge in [0.15, 0.2) is 0 Å². The number of hydrogen-bond acceptors (Lipinski definition) is 2. The van der Waals surface area contributed by atoms with Gasteiger partial charge in [-0.3, -0.25) is 0 Å². The second-order valence-electron chi connectivity index (χ2n) is 3.45. The van der Waals surface area contributed by atoms with Crippen molar-refractivity contribution < 1.29 is 31.8 Å². The number of halogens is 6. The van der Waals surface area contributed by atoms with Crippen LogP contribution in [0, 0.1) is 0 Å². The molecule has 0 aliphatic carbocycles. The number of aliphatic hydroxyl groups excluding tert-OH is 1. The van der Waals surface area contributed by atoms with Gasteiger partial charge in [-0.1, -0.05) is 12.1 Å². The van der Waals surface area contributed by atoms with Crippen LogP contribution in [0.25, 0.3) is 0 Å². The van der Waals surface area contributed by atoms with Crippen molar-refractivity contribution in [3.8, 4) is 5.75 Å². The van der Waals surface area contributed by atoms with Gasteiger partial charge in [0.05, 0.1) is 0 Å². The highest BCUT2D eigenvalue weighted by Crippen LogP contribution is 2.27. The number of alkyl halides is 6. The van der Waals surface area contributed by atoms with Crippen molar-refractivity contribution in [2.75, 3.05) is 0 Å². The molecule has 1 unspecified atom stereocenters. The van der Waals surface area contributed by atoms with E-state index < -0.39 is 30.0 Å². The van der Waals surface area contributed by atoms with Gasteiger partial charge in [-0.05, 0) is 29.3 Å². The van der Waals surface area contributed by atoms with Gasteiger partial charge in [0.25, 0.3) is 0 Å². The second-order valence-corrected chi connectivity index (χ2v) is 3.96. The van der Waals surface area contributed by atoms with Crippen molar-refractivity contribution >= 4 is 11.6 Å². The molecule has 0 spiro atoms. The molecule has 0 saturated heterocycles. The van der Waals surface area contributed by atoms with Crippen molar-refractivity contribution in [2.45, 2.75) is 24.3 Å². The molecule has 18 heavy (non-hydrogen) atoms. The van der Waals surface area contributed by atoms with E-state index in [9.17, 15) is 22.0 Å². The van der Waals surface area contributed by atoms with E-state index in [0.29, 0.717) is 0 Å². The molecule has 102 valence electrons. The zero-order valence-electron chi connectivity index (χ0n) is 8.72. The average Bonchev–Trinajstić information content (AvgIpc) is 2.17. The fraction of sp³-hybridized carbons (Fsp3) is 0.400. The van der Waals surface area contributed by atoms with E-state index in [1.165, 1.54) is 0 Å². The Hall–Kier alpha value is -1.08. The minimum Gasteiger partial charge on any atom is -0.406 e. The molecule has 0 bridgehead atoms. The summed E-state index contributed by atoms with van der Waals surface area (Å²) in [4.78, 5) is 0. The van der Waals surface area contributed by atoms with E-state index in [4.69, 9.17) is 5.11 Å². The Morgan fingerprint density at radius 2 is 1.61 bits per heavy atom. The molecule has 1 aromatic carbocycles. The van der Waals surface area contributed by atoms with Crippen molar-refractivity contribution in [3.05, 3.63) is 29.8 Å². The first-order chi connectivity index (χ1) is 8.08. The Morgan fingerprint density at radius 3 is 2.00 bits per heavy atom. The lowest BCUT2D eigenvalue weighted by Gasteiger charge is -2.16. The van der Waals surface area contributed by atoms with Crippen molar-refractivity contribution in [3.63, 3.8) is 0 Å².